The van der Waals surface area contributed by atoms with Crippen molar-refractivity contribution < 1.29 is 13.2 Å². The molecule has 0 bridgehead atoms. The van der Waals surface area contributed by atoms with E-state index in [2.05, 4.69) is 41.1 Å². The number of piperidine rings is 1. The number of ether oxygens (including phenoxy) is 1. The van der Waals surface area contributed by atoms with Gasteiger partial charge in [-0.25, -0.2) is 23.4 Å². The SMILES string of the molecule is CS(=O)(=O)c1ccc(Nc2ncnc(OC3CCN(c4ccc(Br)cn4)CC3)c2C=N)cc1. The molecule has 33 heavy (non-hydrogen) atoms. The number of halogens is 1. The Morgan fingerprint density at radius 1 is 1.12 bits per heavy atom. The van der Waals surface area contributed by atoms with Gasteiger partial charge in [-0.2, -0.15) is 0 Å². The third kappa shape index (κ3) is 5.66. The number of aromatic nitrogens is 3. The lowest BCUT2D eigenvalue weighted by Crippen LogP contribution is -2.38. The third-order valence-electron chi connectivity index (χ3n) is 5.29. The van der Waals surface area contributed by atoms with Crippen molar-refractivity contribution in [2.75, 3.05) is 29.6 Å². The van der Waals surface area contributed by atoms with Crippen LogP contribution >= 0.6 is 15.9 Å². The van der Waals surface area contributed by atoms with E-state index < -0.39 is 9.84 Å². The van der Waals surface area contributed by atoms with E-state index in [1.165, 1.54) is 18.5 Å². The number of hydrogen-bond donors (Lipinski definition) is 2. The van der Waals surface area contributed by atoms with Crippen molar-refractivity contribution in [2.45, 2.75) is 23.8 Å². The molecule has 1 aromatic carbocycles. The Labute approximate surface area is 200 Å². The molecule has 3 heterocycles. The zero-order chi connectivity index (χ0) is 23.4. The van der Waals surface area contributed by atoms with E-state index >= 15 is 0 Å². The quantitative estimate of drug-likeness (QED) is 0.442. The van der Waals surface area contributed by atoms with E-state index in [9.17, 15) is 8.42 Å². The highest BCUT2D eigenvalue weighted by Gasteiger charge is 2.23. The van der Waals surface area contributed by atoms with Crippen LogP contribution in [-0.4, -0.2) is 55.0 Å². The smallest absolute Gasteiger partial charge is 0.227 e. The van der Waals surface area contributed by atoms with Crippen molar-refractivity contribution in [3.8, 4) is 5.88 Å². The second-order valence-corrected chi connectivity index (χ2v) is 10.6. The first-order valence-corrected chi connectivity index (χ1v) is 13.0. The fourth-order valence-corrected chi connectivity index (χ4v) is 4.41. The summed E-state index contributed by atoms with van der Waals surface area (Å²) < 4.78 is 30.4. The van der Waals surface area contributed by atoms with Gasteiger partial charge in [-0.1, -0.05) is 0 Å². The first-order valence-electron chi connectivity index (χ1n) is 10.3. The minimum Gasteiger partial charge on any atom is -0.474 e. The lowest BCUT2D eigenvalue weighted by atomic mass is 10.1. The first-order chi connectivity index (χ1) is 15.8. The number of sulfone groups is 1. The highest BCUT2D eigenvalue weighted by molar-refractivity contribution is 9.10. The number of nitrogens with zero attached hydrogens (tertiary/aromatic N) is 4. The number of pyridine rings is 1. The fraction of sp³-hybridized carbons (Fsp3) is 0.273. The lowest BCUT2D eigenvalue weighted by molar-refractivity contribution is 0.163. The topological polar surface area (TPSA) is 121 Å². The molecule has 1 fully saturated rings. The standard InChI is InChI=1S/C22H23BrN6O3S/c1-33(30,31)18-5-3-16(4-6-18)28-21-19(12-24)22(27-14-26-21)32-17-8-10-29(11-9-17)20-7-2-15(23)13-25-20/h2-7,12-14,17,24H,8-11H2,1H3,(H,26,27,28). The summed E-state index contributed by atoms with van der Waals surface area (Å²) in [5.74, 6) is 1.70. The van der Waals surface area contributed by atoms with Crippen molar-refractivity contribution in [1.82, 2.24) is 15.0 Å². The molecule has 1 aliphatic rings. The molecule has 0 atom stereocenters. The van der Waals surface area contributed by atoms with E-state index in [0.29, 0.717) is 22.9 Å². The van der Waals surface area contributed by atoms with Crippen LogP contribution in [0.25, 0.3) is 0 Å². The fourth-order valence-electron chi connectivity index (χ4n) is 3.54. The first kappa shape index (κ1) is 23.1. The lowest BCUT2D eigenvalue weighted by Gasteiger charge is -2.32. The molecule has 0 radical (unpaired) electrons. The van der Waals surface area contributed by atoms with Gasteiger partial charge in [0.15, 0.2) is 9.84 Å². The molecule has 2 aromatic heterocycles. The Balaban J connectivity index is 1.43. The summed E-state index contributed by atoms with van der Waals surface area (Å²) in [6, 6.07) is 10.3. The molecule has 0 unspecified atom stereocenters. The van der Waals surface area contributed by atoms with E-state index in [1.807, 2.05) is 12.1 Å². The molecule has 3 aromatic rings. The molecule has 1 aliphatic heterocycles. The predicted molar refractivity (Wildman–Crippen MR) is 131 cm³/mol. The van der Waals surface area contributed by atoms with Gasteiger partial charge in [-0.3, -0.25) is 0 Å². The zero-order valence-electron chi connectivity index (χ0n) is 17.9. The summed E-state index contributed by atoms with van der Waals surface area (Å²) in [6.45, 7) is 1.62. The molecule has 0 amide bonds. The van der Waals surface area contributed by atoms with Crippen molar-refractivity contribution in [2.24, 2.45) is 0 Å². The molecule has 4 rings (SSSR count). The van der Waals surface area contributed by atoms with Gasteiger partial charge >= 0.3 is 0 Å². The molecule has 0 spiro atoms. The maximum Gasteiger partial charge on any atom is 0.227 e. The number of rotatable bonds is 7. The average molecular weight is 531 g/mol. The normalized spacial score (nSPS) is 14.7. The van der Waals surface area contributed by atoms with Gasteiger partial charge in [0.05, 0.1) is 10.5 Å². The minimum atomic E-state index is -3.27. The summed E-state index contributed by atoms with van der Waals surface area (Å²) in [4.78, 5) is 15.4. The van der Waals surface area contributed by atoms with Crippen LogP contribution in [0.3, 0.4) is 0 Å². The second-order valence-electron chi connectivity index (χ2n) is 7.65. The van der Waals surface area contributed by atoms with Gasteiger partial charge in [-0.05, 0) is 52.3 Å². The number of hydrogen-bond acceptors (Lipinski definition) is 9. The van der Waals surface area contributed by atoms with Gasteiger partial charge in [0.1, 0.15) is 24.1 Å². The Kier molecular flexibility index (Phi) is 6.89. The van der Waals surface area contributed by atoms with Gasteiger partial charge in [0, 0.05) is 54.8 Å². The minimum absolute atomic E-state index is 0.0350. The average Bonchev–Trinajstić information content (AvgIpc) is 2.80. The molecular formula is C22H23BrN6O3S. The Morgan fingerprint density at radius 2 is 1.85 bits per heavy atom. The largest absolute Gasteiger partial charge is 0.474 e. The van der Waals surface area contributed by atoms with Crippen LogP contribution in [0.4, 0.5) is 17.3 Å². The predicted octanol–water partition coefficient (Wildman–Crippen LogP) is 3.83. The number of nitrogens with one attached hydrogen (secondary N) is 2. The summed E-state index contributed by atoms with van der Waals surface area (Å²) in [5.41, 5.74) is 1.08. The van der Waals surface area contributed by atoms with Crippen molar-refractivity contribution in [3.05, 3.63) is 59.0 Å². The summed E-state index contributed by atoms with van der Waals surface area (Å²) >= 11 is 3.41. The Bertz CT molecular complexity index is 1230. The maximum absolute atomic E-state index is 11.7. The summed E-state index contributed by atoms with van der Waals surface area (Å²) in [7, 11) is -3.27. The molecule has 172 valence electrons. The molecule has 9 nitrogen and oxygen atoms in total. The van der Waals surface area contributed by atoms with Gasteiger partial charge < -0.3 is 20.4 Å². The summed E-state index contributed by atoms with van der Waals surface area (Å²) in [5, 5.41) is 11.0. The van der Waals surface area contributed by atoms with Crippen molar-refractivity contribution >= 4 is 49.3 Å². The highest BCUT2D eigenvalue weighted by atomic mass is 79.9. The Morgan fingerprint density at radius 3 is 2.45 bits per heavy atom. The monoisotopic (exact) mass is 530 g/mol. The van der Waals surface area contributed by atoms with Crippen LogP contribution in [0.5, 0.6) is 5.88 Å². The van der Waals surface area contributed by atoms with E-state index in [4.69, 9.17) is 10.1 Å². The van der Waals surface area contributed by atoms with Crippen LogP contribution < -0.4 is 15.0 Å². The highest BCUT2D eigenvalue weighted by Crippen LogP contribution is 2.27. The molecule has 11 heteroatoms. The zero-order valence-corrected chi connectivity index (χ0v) is 20.3. The molecule has 2 N–H and O–H groups in total. The van der Waals surface area contributed by atoms with Crippen LogP contribution in [0, 0.1) is 5.41 Å². The van der Waals surface area contributed by atoms with E-state index in [1.54, 1.807) is 18.3 Å². The van der Waals surface area contributed by atoms with Crippen LogP contribution in [0.2, 0.25) is 0 Å². The van der Waals surface area contributed by atoms with Gasteiger partial charge in [-0.15, -0.1) is 0 Å². The van der Waals surface area contributed by atoms with E-state index in [0.717, 1.165) is 48.7 Å². The number of benzene rings is 1. The summed E-state index contributed by atoms with van der Waals surface area (Å²) in [6.07, 6.45) is 7.06. The van der Waals surface area contributed by atoms with E-state index in [-0.39, 0.29) is 11.0 Å². The van der Waals surface area contributed by atoms with Crippen molar-refractivity contribution in [1.29, 1.82) is 5.41 Å². The molecule has 1 saturated heterocycles. The van der Waals surface area contributed by atoms with Crippen LogP contribution in [0.15, 0.2) is 58.3 Å². The van der Waals surface area contributed by atoms with Crippen LogP contribution in [0.1, 0.15) is 18.4 Å². The van der Waals surface area contributed by atoms with Crippen molar-refractivity contribution in [3.63, 3.8) is 0 Å². The third-order valence-corrected chi connectivity index (χ3v) is 6.89. The maximum atomic E-state index is 11.7. The molecular weight excluding hydrogens is 508 g/mol. The second kappa shape index (κ2) is 9.84. The number of anilines is 3. The molecule has 0 aliphatic carbocycles. The van der Waals surface area contributed by atoms with Crippen LogP contribution in [-0.2, 0) is 9.84 Å². The Hall–Kier alpha value is -3.05. The van der Waals surface area contributed by atoms with Gasteiger partial charge in [0.25, 0.3) is 0 Å². The van der Waals surface area contributed by atoms with Gasteiger partial charge in [0.2, 0.25) is 5.88 Å². The molecule has 0 saturated carbocycles.